The number of ether oxygens (including phenoxy) is 1. The fourth-order valence-electron chi connectivity index (χ4n) is 6.03. The van der Waals surface area contributed by atoms with Crippen molar-refractivity contribution < 1.29 is 24.2 Å². The van der Waals surface area contributed by atoms with E-state index < -0.39 is 12.1 Å². The SMILES string of the molecule is C[C@@H]1CN([C@@H](C)CO)C(=O)c2cccc(NC(=O)NC3CCCCC3)c2O[C@@H]1CN(C)C(=O)NC1CCCCC1. The van der Waals surface area contributed by atoms with E-state index in [0.717, 1.165) is 51.4 Å². The highest BCUT2D eigenvalue weighted by molar-refractivity contribution is 6.01. The van der Waals surface area contributed by atoms with Gasteiger partial charge in [0.15, 0.2) is 5.75 Å². The summed E-state index contributed by atoms with van der Waals surface area (Å²) >= 11 is 0. The van der Waals surface area contributed by atoms with E-state index in [1.165, 1.54) is 12.8 Å². The molecule has 2 aliphatic carbocycles. The maximum Gasteiger partial charge on any atom is 0.319 e. The van der Waals surface area contributed by atoms with Gasteiger partial charge in [-0.15, -0.1) is 0 Å². The number of carbonyl (C=O) groups excluding carboxylic acids is 3. The summed E-state index contributed by atoms with van der Waals surface area (Å²) in [5.74, 6) is -0.124. The average molecular weight is 558 g/mol. The van der Waals surface area contributed by atoms with Crippen molar-refractivity contribution in [3.63, 3.8) is 0 Å². The number of hydrogen-bond donors (Lipinski definition) is 4. The van der Waals surface area contributed by atoms with Crippen LogP contribution < -0.4 is 20.7 Å². The summed E-state index contributed by atoms with van der Waals surface area (Å²) in [5.41, 5.74) is 0.728. The number of urea groups is 2. The highest BCUT2D eigenvalue weighted by Gasteiger charge is 2.35. The monoisotopic (exact) mass is 557 g/mol. The van der Waals surface area contributed by atoms with E-state index in [-0.39, 0.29) is 42.6 Å². The van der Waals surface area contributed by atoms with Crippen LogP contribution in [-0.4, -0.2) is 83.8 Å². The predicted octanol–water partition coefficient (Wildman–Crippen LogP) is 4.34. The number of aliphatic hydroxyl groups is 1. The Morgan fingerprint density at radius 2 is 1.68 bits per heavy atom. The molecule has 4 rings (SSSR count). The third kappa shape index (κ3) is 7.59. The first kappa shape index (κ1) is 30.0. The van der Waals surface area contributed by atoms with Crippen molar-refractivity contribution in [1.82, 2.24) is 20.4 Å². The lowest BCUT2D eigenvalue weighted by atomic mass is 9.95. The van der Waals surface area contributed by atoms with Crippen LogP contribution in [0.25, 0.3) is 0 Å². The Balaban J connectivity index is 1.56. The van der Waals surface area contributed by atoms with Crippen LogP contribution in [0, 0.1) is 5.92 Å². The van der Waals surface area contributed by atoms with Crippen molar-refractivity contribution in [3.05, 3.63) is 23.8 Å². The maximum atomic E-state index is 13.7. The zero-order chi connectivity index (χ0) is 28.6. The minimum Gasteiger partial charge on any atom is -0.485 e. The Bertz CT molecular complexity index is 1020. The number of amides is 5. The first-order valence-electron chi connectivity index (χ1n) is 15.1. The van der Waals surface area contributed by atoms with E-state index in [1.807, 2.05) is 13.8 Å². The number of rotatable bonds is 7. The van der Waals surface area contributed by atoms with Crippen molar-refractivity contribution >= 4 is 23.7 Å². The van der Waals surface area contributed by atoms with E-state index in [4.69, 9.17) is 4.74 Å². The molecule has 0 unspecified atom stereocenters. The molecule has 1 aromatic carbocycles. The lowest BCUT2D eigenvalue weighted by molar-refractivity contribution is 0.0368. The molecular weight excluding hydrogens is 510 g/mol. The highest BCUT2D eigenvalue weighted by Crippen LogP contribution is 2.35. The molecule has 5 amide bonds. The minimum absolute atomic E-state index is 0.131. The Hall–Kier alpha value is -3.01. The smallest absolute Gasteiger partial charge is 0.319 e. The number of carbonyl (C=O) groups is 3. The number of benzene rings is 1. The lowest BCUT2D eigenvalue weighted by Crippen LogP contribution is -2.52. The molecule has 0 radical (unpaired) electrons. The van der Waals surface area contributed by atoms with Gasteiger partial charge < -0.3 is 35.6 Å². The van der Waals surface area contributed by atoms with Crippen molar-refractivity contribution in [2.75, 3.05) is 32.1 Å². The Labute approximate surface area is 238 Å². The number of likely N-dealkylation sites (N-methyl/N-ethyl adjacent to an activating group) is 1. The summed E-state index contributed by atoms with van der Waals surface area (Å²) in [6, 6.07) is 4.60. The minimum atomic E-state index is -0.452. The van der Waals surface area contributed by atoms with Gasteiger partial charge in [-0.3, -0.25) is 4.79 Å². The maximum absolute atomic E-state index is 13.7. The van der Waals surface area contributed by atoms with Gasteiger partial charge in [-0.1, -0.05) is 51.5 Å². The van der Waals surface area contributed by atoms with Crippen molar-refractivity contribution in [1.29, 1.82) is 0 Å². The molecule has 40 heavy (non-hydrogen) atoms. The van der Waals surface area contributed by atoms with Crippen LogP contribution in [0.2, 0.25) is 0 Å². The number of fused-ring (bicyclic) bond motifs is 1. The summed E-state index contributed by atoms with van der Waals surface area (Å²) in [7, 11) is 1.76. The zero-order valence-corrected chi connectivity index (χ0v) is 24.3. The van der Waals surface area contributed by atoms with Gasteiger partial charge in [0.1, 0.15) is 6.10 Å². The standard InChI is InChI=1S/C30H47N5O5/c1-20-17-35(21(2)19-36)28(37)24-15-10-16-25(33-29(38)31-22-11-6-4-7-12-22)27(24)40-26(20)18-34(3)30(39)32-23-13-8-5-9-14-23/h10,15-16,20-23,26,36H,4-9,11-14,17-19H2,1-3H3,(H,32,39)(H2,31,33,38)/t20-,21+,26-/m1/s1. The molecule has 0 aromatic heterocycles. The molecule has 2 saturated carbocycles. The van der Waals surface area contributed by atoms with E-state index in [9.17, 15) is 19.5 Å². The Morgan fingerprint density at radius 1 is 1.05 bits per heavy atom. The van der Waals surface area contributed by atoms with Crippen molar-refractivity contribution in [2.45, 2.75) is 102 Å². The average Bonchev–Trinajstić information content (AvgIpc) is 2.95. The summed E-state index contributed by atoms with van der Waals surface area (Å²) < 4.78 is 6.54. The first-order valence-corrected chi connectivity index (χ1v) is 15.1. The molecule has 0 spiro atoms. The number of anilines is 1. The second kappa shape index (κ2) is 14.1. The van der Waals surface area contributed by atoms with Crippen LogP contribution in [0.1, 0.15) is 88.4 Å². The van der Waals surface area contributed by atoms with Gasteiger partial charge in [-0.2, -0.15) is 0 Å². The molecule has 4 N–H and O–H groups in total. The molecule has 3 atom stereocenters. The predicted molar refractivity (Wildman–Crippen MR) is 155 cm³/mol. The van der Waals surface area contributed by atoms with Crippen LogP contribution in [0.5, 0.6) is 5.75 Å². The van der Waals surface area contributed by atoms with Gasteiger partial charge in [0, 0.05) is 31.6 Å². The van der Waals surface area contributed by atoms with Gasteiger partial charge in [0.05, 0.1) is 30.4 Å². The summed E-state index contributed by atoms with van der Waals surface area (Å²) in [5, 5.41) is 19.1. The van der Waals surface area contributed by atoms with E-state index in [2.05, 4.69) is 16.0 Å². The Morgan fingerprint density at radius 3 is 2.30 bits per heavy atom. The molecule has 1 aliphatic heterocycles. The summed E-state index contributed by atoms with van der Waals surface area (Å²) in [6.07, 6.45) is 10.3. The van der Waals surface area contributed by atoms with Crippen LogP contribution in [0.3, 0.4) is 0 Å². The van der Waals surface area contributed by atoms with Gasteiger partial charge in [0.2, 0.25) is 0 Å². The highest BCUT2D eigenvalue weighted by atomic mass is 16.5. The molecule has 2 fully saturated rings. The fourth-order valence-corrected chi connectivity index (χ4v) is 6.03. The summed E-state index contributed by atoms with van der Waals surface area (Å²) in [6.45, 7) is 4.29. The Kier molecular flexibility index (Phi) is 10.5. The van der Waals surface area contributed by atoms with E-state index >= 15 is 0 Å². The number of nitrogens with one attached hydrogen (secondary N) is 3. The lowest BCUT2D eigenvalue weighted by Gasteiger charge is -2.38. The molecule has 1 aromatic rings. The number of nitrogens with zero attached hydrogens (tertiary/aromatic N) is 2. The first-order chi connectivity index (χ1) is 19.3. The molecule has 3 aliphatic rings. The number of para-hydroxylation sites is 1. The third-order valence-electron chi connectivity index (χ3n) is 8.61. The van der Waals surface area contributed by atoms with E-state index in [0.29, 0.717) is 30.1 Å². The number of hydrogen-bond acceptors (Lipinski definition) is 5. The van der Waals surface area contributed by atoms with Crippen LogP contribution >= 0.6 is 0 Å². The second-order valence-electron chi connectivity index (χ2n) is 11.9. The largest absolute Gasteiger partial charge is 0.485 e. The molecule has 222 valence electrons. The molecule has 10 nitrogen and oxygen atoms in total. The second-order valence-corrected chi connectivity index (χ2v) is 11.9. The van der Waals surface area contributed by atoms with Crippen molar-refractivity contribution in [3.8, 4) is 5.75 Å². The number of aliphatic hydroxyl groups excluding tert-OH is 1. The molecule has 0 bridgehead atoms. The van der Waals surface area contributed by atoms with Gasteiger partial charge in [0.25, 0.3) is 5.91 Å². The van der Waals surface area contributed by atoms with Crippen LogP contribution in [0.15, 0.2) is 18.2 Å². The van der Waals surface area contributed by atoms with Gasteiger partial charge >= 0.3 is 12.1 Å². The molecule has 0 saturated heterocycles. The van der Waals surface area contributed by atoms with Crippen LogP contribution in [0.4, 0.5) is 15.3 Å². The van der Waals surface area contributed by atoms with Crippen molar-refractivity contribution in [2.24, 2.45) is 5.92 Å². The van der Waals surface area contributed by atoms with Crippen LogP contribution in [-0.2, 0) is 0 Å². The van der Waals surface area contributed by atoms with Gasteiger partial charge in [-0.05, 0) is 44.7 Å². The quantitative estimate of drug-likeness (QED) is 0.397. The summed E-state index contributed by atoms with van der Waals surface area (Å²) in [4.78, 5) is 43.0. The van der Waals surface area contributed by atoms with E-state index in [1.54, 1.807) is 35.0 Å². The normalized spacial score (nSPS) is 23.2. The molecule has 1 heterocycles. The van der Waals surface area contributed by atoms with Gasteiger partial charge in [-0.25, -0.2) is 9.59 Å². The fraction of sp³-hybridized carbons (Fsp3) is 0.700. The molecule has 10 heteroatoms. The zero-order valence-electron chi connectivity index (χ0n) is 24.3. The topological polar surface area (TPSA) is 123 Å². The third-order valence-corrected chi connectivity index (χ3v) is 8.61. The molecular formula is C30H47N5O5.